The number of hydrogen-bond donors (Lipinski definition) is 2. The summed E-state index contributed by atoms with van der Waals surface area (Å²) in [4.78, 5) is 2.23. The number of benzene rings is 1. The van der Waals surface area contributed by atoms with Crippen LogP contribution in [0.2, 0.25) is 0 Å². The topological polar surface area (TPSA) is 49.5 Å². The molecule has 0 saturated carbocycles. The van der Waals surface area contributed by atoms with Crippen molar-refractivity contribution < 1.29 is 5.11 Å². The van der Waals surface area contributed by atoms with Crippen LogP contribution in [-0.4, -0.2) is 24.3 Å². The standard InChI is InChI=1S/C11H16N2O/c1-8-6-9-7-10(12)2-3-11(9)13(8)4-5-14/h2-3,7-8,14H,4-6,12H2,1H3. The summed E-state index contributed by atoms with van der Waals surface area (Å²) in [6.07, 6.45) is 1.03. The van der Waals surface area contributed by atoms with E-state index >= 15 is 0 Å². The second kappa shape index (κ2) is 3.50. The number of nitrogens with zero attached hydrogens (tertiary/aromatic N) is 1. The molecule has 3 N–H and O–H groups in total. The Balaban J connectivity index is 2.33. The third-order valence-corrected chi connectivity index (χ3v) is 2.80. The highest BCUT2D eigenvalue weighted by Crippen LogP contribution is 2.32. The van der Waals surface area contributed by atoms with Gasteiger partial charge in [-0.15, -0.1) is 0 Å². The van der Waals surface area contributed by atoms with Gasteiger partial charge in [-0.3, -0.25) is 0 Å². The molecular weight excluding hydrogens is 176 g/mol. The summed E-state index contributed by atoms with van der Waals surface area (Å²) >= 11 is 0. The Kier molecular flexibility index (Phi) is 2.33. The van der Waals surface area contributed by atoms with Crippen molar-refractivity contribution in [2.75, 3.05) is 23.8 Å². The van der Waals surface area contributed by atoms with Crippen molar-refractivity contribution in [3.05, 3.63) is 23.8 Å². The van der Waals surface area contributed by atoms with Gasteiger partial charge in [-0.2, -0.15) is 0 Å². The predicted molar refractivity (Wildman–Crippen MR) is 58.5 cm³/mol. The number of β-amino-alcohol motifs (C(OH)–C–C–N with tert-alkyl or cyclic N) is 1. The van der Waals surface area contributed by atoms with Gasteiger partial charge in [-0.25, -0.2) is 0 Å². The lowest BCUT2D eigenvalue weighted by atomic mass is 10.1. The van der Waals surface area contributed by atoms with Crippen LogP contribution in [-0.2, 0) is 6.42 Å². The van der Waals surface area contributed by atoms with Gasteiger partial charge in [-0.05, 0) is 37.1 Å². The molecule has 0 fully saturated rings. The van der Waals surface area contributed by atoms with Gasteiger partial charge in [0, 0.05) is 24.0 Å². The van der Waals surface area contributed by atoms with E-state index in [1.165, 1.54) is 11.3 Å². The summed E-state index contributed by atoms with van der Waals surface area (Å²) in [5.41, 5.74) is 9.07. The van der Waals surface area contributed by atoms with Crippen LogP contribution in [0.25, 0.3) is 0 Å². The molecule has 3 nitrogen and oxygen atoms in total. The van der Waals surface area contributed by atoms with Gasteiger partial charge in [0.1, 0.15) is 0 Å². The average molecular weight is 192 g/mol. The molecule has 0 amide bonds. The van der Waals surface area contributed by atoms with E-state index in [0.717, 1.165) is 12.1 Å². The zero-order valence-corrected chi connectivity index (χ0v) is 8.40. The van der Waals surface area contributed by atoms with E-state index in [1.807, 2.05) is 18.2 Å². The number of aliphatic hydroxyl groups is 1. The minimum Gasteiger partial charge on any atom is -0.399 e. The van der Waals surface area contributed by atoms with E-state index in [9.17, 15) is 0 Å². The van der Waals surface area contributed by atoms with Crippen LogP contribution in [0.5, 0.6) is 0 Å². The maximum atomic E-state index is 8.96. The maximum Gasteiger partial charge on any atom is 0.0606 e. The first-order valence-electron chi connectivity index (χ1n) is 4.98. The van der Waals surface area contributed by atoms with E-state index in [0.29, 0.717) is 12.6 Å². The summed E-state index contributed by atoms with van der Waals surface area (Å²) in [6.45, 7) is 3.08. The maximum absolute atomic E-state index is 8.96. The molecule has 0 bridgehead atoms. The van der Waals surface area contributed by atoms with Gasteiger partial charge < -0.3 is 15.7 Å². The lowest BCUT2D eigenvalue weighted by Gasteiger charge is -2.23. The molecule has 0 spiro atoms. The van der Waals surface area contributed by atoms with Crippen LogP contribution < -0.4 is 10.6 Å². The smallest absolute Gasteiger partial charge is 0.0606 e. The molecule has 0 aliphatic carbocycles. The SMILES string of the molecule is CC1Cc2cc(N)ccc2N1CCO. The van der Waals surface area contributed by atoms with Crippen LogP contribution in [0.4, 0.5) is 11.4 Å². The fourth-order valence-electron chi connectivity index (χ4n) is 2.16. The van der Waals surface area contributed by atoms with Gasteiger partial charge >= 0.3 is 0 Å². The Bertz CT molecular complexity index is 338. The summed E-state index contributed by atoms with van der Waals surface area (Å²) in [5, 5.41) is 8.96. The summed E-state index contributed by atoms with van der Waals surface area (Å²) < 4.78 is 0. The molecule has 1 atom stereocenters. The van der Waals surface area contributed by atoms with Crippen molar-refractivity contribution in [1.29, 1.82) is 0 Å². The minimum absolute atomic E-state index is 0.203. The normalized spacial score (nSPS) is 19.9. The zero-order valence-electron chi connectivity index (χ0n) is 8.40. The molecule has 1 heterocycles. The molecule has 0 saturated heterocycles. The number of hydrogen-bond acceptors (Lipinski definition) is 3. The Morgan fingerprint density at radius 3 is 3.07 bits per heavy atom. The molecular formula is C11H16N2O. The minimum atomic E-state index is 0.203. The van der Waals surface area contributed by atoms with Crippen LogP contribution in [0.3, 0.4) is 0 Å². The Morgan fingerprint density at radius 1 is 1.57 bits per heavy atom. The molecule has 0 aromatic heterocycles. The Hall–Kier alpha value is -1.22. The largest absolute Gasteiger partial charge is 0.399 e. The lowest BCUT2D eigenvalue weighted by Crippen LogP contribution is -2.31. The summed E-state index contributed by atoms with van der Waals surface area (Å²) in [7, 11) is 0. The van der Waals surface area contributed by atoms with Gasteiger partial charge in [0.25, 0.3) is 0 Å². The number of fused-ring (bicyclic) bond motifs is 1. The fraction of sp³-hybridized carbons (Fsp3) is 0.455. The molecule has 14 heavy (non-hydrogen) atoms. The van der Waals surface area contributed by atoms with Crippen LogP contribution >= 0.6 is 0 Å². The fourth-order valence-corrected chi connectivity index (χ4v) is 2.16. The van der Waals surface area contributed by atoms with E-state index in [4.69, 9.17) is 10.8 Å². The number of aliphatic hydroxyl groups excluding tert-OH is 1. The van der Waals surface area contributed by atoms with Gasteiger partial charge in [0.2, 0.25) is 0 Å². The average Bonchev–Trinajstić information content (AvgIpc) is 2.43. The van der Waals surface area contributed by atoms with Crippen molar-refractivity contribution in [1.82, 2.24) is 0 Å². The third-order valence-electron chi connectivity index (χ3n) is 2.80. The monoisotopic (exact) mass is 192 g/mol. The highest BCUT2D eigenvalue weighted by Gasteiger charge is 2.24. The zero-order chi connectivity index (χ0) is 10.1. The van der Waals surface area contributed by atoms with Crippen molar-refractivity contribution in [3.8, 4) is 0 Å². The Labute approximate surface area is 84.1 Å². The number of nitrogens with two attached hydrogens (primary N) is 1. The number of rotatable bonds is 2. The van der Waals surface area contributed by atoms with E-state index < -0.39 is 0 Å². The predicted octanol–water partition coefficient (Wildman–Crippen LogP) is 1.01. The first-order valence-corrected chi connectivity index (χ1v) is 4.98. The van der Waals surface area contributed by atoms with Crippen molar-refractivity contribution in [2.24, 2.45) is 0 Å². The molecule has 1 aliphatic heterocycles. The third kappa shape index (κ3) is 1.44. The molecule has 1 aromatic carbocycles. The van der Waals surface area contributed by atoms with Gasteiger partial charge in [0.05, 0.1) is 6.61 Å². The molecule has 76 valence electrons. The van der Waals surface area contributed by atoms with E-state index in [1.54, 1.807) is 0 Å². The molecule has 1 unspecified atom stereocenters. The highest BCUT2D eigenvalue weighted by molar-refractivity contribution is 5.63. The van der Waals surface area contributed by atoms with Crippen molar-refractivity contribution >= 4 is 11.4 Å². The first-order chi connectivity index (χ1) is 6.72. The number of nitrogen functional groups attached to an aromatic ring is 1. The quantitative estimate of drug-likeness (QED) is 0.688. The highest BCUT2D eigenvalue weighted by atomic mass is 16.3. The van der Waals surface area contributed by atoms with Crippen LogP contribution in [0, 0.1) is 0 Å². The lowest BCUT2D eigenvalue weighted by molar-refractivity contribution is 0.299. The van der Waals surface area contributed by atoms with Crippen LogP contribution in [0.15, 0.2) is 18.2 Å². The van der Waals surface area contributed by atoms with Gasteiger partial charge in [-0.1, -0.05) is 0 Å². The second-order valence-corrected chi connectivity index (χ2v) is 3.86. The molecule has 3 heteroatoms. The van der Waals surface area contributed by atoms with Crippen molar-refractivity contribution in [2.45, 2.75) is 19.4 Å². The summed E-state index contributed by atoms with van der Waals surface area (Å²) in [6, 6.07) is 6.47. The van der Waals surface area contributed by atoms with Crippen molar-refractivity contribution in [3.63, 3.8) is 0 Å². The van der Waals surface area contributed by atoms with Gasteiger partial charge in [0.15, 0.2) is 0 Å². The summed E-state index contributed by atoms with van der Waals surface area (Å²) in [5.74, 6) is 0. The molecule has 1 aliphatic rings. The van der Waals surface area contributed by atoms with Crippen LogP contribution in [0.1, 0.15) is 12.5 Å². The second-order valence-electron chi connectivity index (χ2n) is 3.86. The molecule has 0 radical (unpaired) electrons. The number of anilines is 2. The molecule has 1 aromatic rings. The van der Waals surface area contributed by atoms with E-state index in [2.05, 4.69) is 11.8 Å². The first kappa shape index (κ1) is 9.34. The van der Waals surface area contributed by atoms with E-state index in [-0.39, 0.29) is 6.61 Å². The molecule has 2 rings (SSSR count). The Morgan fingerprint density at radius 2 is 2.36 bits per heavy atom.